The Morgan fingerprint density at radius 3 is 2.61 bits per heavy atom. The van der Waals surface area contributed by atoms with Gasteiger partial charge in [0.15, 0.2) is 11.4 Å². The summed E-state index contributed by atoms with van der Waals surface area (Å²) >= 11 is 0. The van der Waals surface area contributed by atoms with Crippen LogP contribution in [-0.2, 0) is 16.1 Å². The number of fused-ring (bicyclic) bond motifs is 2. The van der Waals surface area contributed by atoms with Crippen molar-refractivity contribution in [3.63, 3.8) is 0 Å². The number of pyridine rings is 1. The first-order valence-corrected chi connectivity index (χ1v) is 12.4. The van der Waals surface area contributed by atoms with Crippen LogP contribution in [0.5, 0.6) is 5.75 Å². The van der Waals surface area contributed by atoms with Crippen LogP contribution in [0.1, 0.15) is 56.6 Å². The highest BCUT2D eigenvalue weighted by Gasteiger charge is 2.56. The Balaban J connectivity index is 1.58. The van der Waals surface area contributed by atoms with E-state index in [0.29, 0.717) is 26.2 Å². The molecular formula is C27H33N3O6. The largest absolute Gasteiger partial charge is 0.482 e. The Hall–Kier alpha value is -3.33. The molecule has 1 spiro atoms. The van der Waals surface area contributed by atoms with Crippen molar-refractivity contribution in [2.45, 2.75) is 58.9 Å². The average molecular weight is 496 g/mol. The van der Waals surface area contributed by atoms with Crippen LogP contribution < -0.4 is 15.2 Å². The lowest BCUT2D eigenvalue weighted by Crippen LogP contribution is -2.61. The van der Waals surface area contributed by atoms with Crippen LogP contribution in [0.15, 0.2) is 47.4 Å². The third-order valence-corrected chi connectivity index (χ3v) is 7.41. The Labute approximate surface area is 210 Å². The molecular weight excluding hydrogens is 462 g/mol. The van der Waals surface area contributed by atoms with Crippen LogP contribution in [0.25, 0.3) is 0 Å². The minimum absolute atomic E-state index is 0.0392. The summed E-state index contributed by atoms with van der Waals surface area (Å²) in [4.78, 5) is 42.1. The molecule has 2 fully saturated rings. The normalized spacial score (nSPS) is 25.5. The van der Waals surface area contributed by atoms with E-state index < -0.39 is 23.3 Å². The molecule has 1 aromatic heterocycles. The van der Waals surface area contributed by atoms with E-state index in [-0.39, 0.29) is 35.3 Å². The SMILES string of the molecule is CC1COCCC12CC1N(C2)C(=O)c2c(OCc3ccccc3)c(=O)ccn2N1C(=O)OC(C)(C)C. The van der Waals surface area contributed by atoms with Crippen LogP contribution in [-0.4, -0.2) is 53.1 Å². The molecule has 3 aliphatic rings. The summed E-state index contributed by atoms with van der Waals surface area (Å²) in [5.41, 5.74) is -0.441. The molecule has 1 aromatic carbocycles. The van der Waals surface area contributed by atoms with Gasteiger partial charge in [-0.2, -0.15) is 5.01 Å². The maximum atomic E-state index is 13.9. The molecule has 192 valence electrons. The molecule has 2 amide bonds. The van der Waals surface area contributed by atoms with Crippen LogP contribution in [0.4, 0.5) is 4.79 Å². The Morgan fingerprint density at radius 1 is 1.17 bits per heavy atom. The average Bonchev–Trinajstić information content (AvgIpc) is 3.20. The van der Waals surface area contributed by atoms with Crippen LogP contribution in [0, 0.1) is 11.3 Å². The number of carbonyl (C=O) groups is 2. The summed E-state index contributed by atoms with van der Waals surface area (Å²) in [6, 6.07) is 10.7. The van der Waals surface area contributed by atoms with E-state index in [2.05, 4.69) is 6.92 Å². The van der Waals surface area contributed by atoms with Gasteiger partial charge in [-0.1, -0.05) is 37.3 Å². The molecule has 0 aliphatic carbocycles. The smallest absolute Gasteiger partial charge is 0.431 e. The molecule has 9 nitrogen and oxygen atoms in total. The number of aromatic nitrogens is 1. The molecule has 2 aromatic rings. The molecule has 36 heavy (non-hydrogen) atoms. The second-order valence-corrected chi connectivity index (χ2v) is 11.0. The van der Waals surface area contributed by atoms with Crippen molar-refractivity contribution >= 4 is 12.0 Å². The monoisotopic (exact) mass is 495 g/mol. The summed E-state index contributed by atoms with van der Waals surface area (Å²) in [7, 11) is 0. The number of benzene rings is 1. The van der Waals surface area contributed by atoms with Gasteiger partial charge >= 0.3 is 6.09 Å². The maximum absolute atomic E-state index is 13.9. The standard InChI is InChI=1S/C27H33N3O6/c1-18-15-34-13-11-27(18)14-21-28(17-27)24(32)22-23(35-16-19-8-6-5-7-9-19)20(31)10-12-29(22)30(21)25(33)36-26(2,3)4/h5-10,12,18,21H,11,13-17H2,1-4H3. The summed E-state index contributed by atoms with van der Waals surface area (Å²) in [6.45, 7) is 9.35. The molecule has 5 rings (SSSR count). The fourth-order valence-electron chi connectivity index (χ4n) is 5.46. The topological polar surface area (TPSA) is 90.3 Å². The number of ether oxygens (including phenoxy) is 3. The quantitative estimate of drug-likeness (QED) is 0.647. The first-order chi connectivity index (χ1) is 17.1. The lowest BCUT2D eigenvalue weighted by atomic mass is 9.72. The summed E-state index contributed by atoms with van der Waals surface area (Å²) in [6.07, 6.45) is 1.74. The second kappa shape index (κ2) is 8.96. The lowest BCUT2D eigenvalue weighted by molar-refractivity contribution is -0.0281. The van der Waals surface area contributed by atoms with E-state index >= 15 is 0 Å². The second-order valence-electron chi connectivity index (χ2n) is 11.0. The van der Waals surface area contributed by atoms with Crippen LogP contribution in [0.3, 0.4) is 0 Å². The summed E-state index contributed by atoms with van der Waals surface area (Å²) < 4.78 is 18.8. The third-order valence-electron chi connectivity index (χ3n) is 7.41. The van der Waals surface area contributed by atoms with E-state index in [9.17, 15) is 14.4 Å². The highest BCUT2D eigenvalue weighted by Crippen LogP contribution is 2.48. The highest BCUT2D eigenvalue weighted by molar-refractivity contribution is 5.99. The minimum Gasteiger partial charge on any atom is -0.482 e. The molecule has 0 bridgehead atoms. The zero-order chi connectivity index (χ0) is 25.7. The molecule has 3 aliphatic heterocycles. The molecule has 4 heterocycles. The molecule has 0 radical (unpaired) electrons. The third kappa shape index (κ3) is 4.25. The van der Waals surface area contributed by atoms with Gasteiger partial charge in [-0.3, -0.25) is 9.59 Å². The van der Waals surface area contributed by atoms with Gasteiger partial charge in [0.25, 0.3) is 5.91 Å². The van der Waals surface area contributed by atoms with E-state index in [1.165, 1.54) is 21.9 Å². The first-order valence-electron chi connectivity index (χ1n) is 12.4. The zero-order valence-corrected chi connectivity index (χ0v) is 21.2. The fraction of sp³-hybridized carbons (Fsp3) is 0.519. The summed E-state index contributed by atoms with van der Waals surface area (Å²) in [5.74, 6) is -0.183. The van der Waals surface area contributed by atoms with Gasteiger partial charge in [0, 0.05) is 32.0 Å². The zero-order valence-electron chi connectivity index (χ0n) is 21.2. The van der Waals surface area contributed by atoms with Gasteiger partial charge in [0.05, 0.1) is 0 Å². The van der Waals surface area contributed by atoms with Crippen LogP contribution >= 0.6 is 0 Å². The Morgan fingerprint density at radius 2 is 1.92 bits per heavy atom. The number of amides is 2. The van der Waals surface area contributed by atoms with Crippen molar-refractivity contribution in [3.8, 4) is 5.75 Å². The van der Waals surface area contributed by atoms with Crippen molar-refractivity contribution in [1.29, 1.82) is 0 Å². The molecule has 0 N–H and O–H groups in total. The number of hydrogen-bond acceptors (Lipinski definition) is 6. The van der Waals surface area contributed by atoms with Crippen LogP contribution in [0.2, 0.25) is 0 Å². The Kier molecular flexibility index (Phi) is 6.06. The lowest BCUT2D eigenvalue weighted by Gasteiger charge is -2.42. The number of hydrogen-bond donors (Lipinski definition) is 0. The molecule has 9 heteroatoms. The van der Waals surface area contributed by atoms with E-state index in [4.69, 9.17) is 14.2 Å². The van der Waals surface area contributed by atoms with Gasteiger partial charge in [-0.15, -0.1) is 0 Å². The van der Waals surface area contributed by atoms with Gasteiger partial charge in [-0.05, 0) is 50.5 Å². The predicted molar refractivity (Wildman–Crippen MR) is 132 cm³/mol. The van der Waals surface area contributed by atoms with Gasteiger partial charge in [-0.25, -0.2) is 9.47 Å². The van der Waals surface area contributed by atoms with Crippen molar-refractivity contribution in [2.75, 3.05) is 24.8 Å². The van der Waals surface area contributed by atoms with E-state index in [1.54, 1.807) is 25.7 Å². The van der Waals surface area contributed by atoms with Crippen molar-refractivity contribution in [2.24, 2.45) is 11.3 Å². The van der Waals surface area contributed by atoms with E-state index in [1.807, 2.05) is 30.3 Å². The minimum atomic E-state index is -0.739. The highest BCUT2D eigenvalue weighted by atomic mass is 16.6. The number of carbonyl (C=O) groups excluding carboxylic acids is 2. The maximum Gasteiger partial charge on any atom is 0.431 e. The van der Waals surface area contributed by atoms with Gasteiger partial charge in [0.2, 0.25) is 5.43 Å². The van der Waals surface area contributed by atoms with E-state index in [0.717, 1.165) is 12.0 Å². The first kappa shape index (κ1) is 24.4. The molecule has 3 atom stereocenters. The van der Waals surface area contributed by atoms with Crippen molar-refractivity contribution in [1.82, 2.24) is 9.58 Å². The summed E-state index contributed by atoms with van der Waals surface area (Å²) in [5, 5.41) is 1.47. The fourth-order valence-corrected chi connectivity index (χ4v) is 5.46. The molecule has 3 unspecified atom stereocenters. The Bertz CT molecular complexity index is 1220. The predicted octanol–water partition coefficient (Wildman–Crippen LogP) is 3.53. The molecule has 2 saturated heterocycles. The van der Waals surface area contributed by atoms with Crippen molar-refractivity contribution in [3.05, 3.63) is 64.1 Å². The van der Waals surface area contributed by atoms with Gasteiger partial charge in [0.1, 0.15) is 18.4 Å². The van der Waals surface area contributed by atoms with Gasteiger partial charge < -0.3 is 19.1 Å². The molecule has 0 saturated carbocycles. The number of rotatable bonds is 3. The van der Waals surface area contributed by atoms with Crippen molar-refractivity contribution < 1.29 is 23.8 Å². The number of nitrogens with zero attached hydrogens (tertiary/aromatic N) is 3.